The van der Waals surface area contributed by atoms with Gasteiger partial charge < -0.3 is 14.8 Å². The minimum absolute atomic E-state index is 0.0939. The first-order valence-electron chi connectivity index (χ1n) is 7.89. The van der Waals surface area contributed by atoms with E-state index in [2.05, 4.69) is 10.0 Å². The first-order valence-corrected chi connectivity index (χ1v) is 9.37. The van der Waals surface area contributed by atoms with E-state index in [1.807, 2.05) is 0 Å². The molecule has 2 N–H and O–H groups in total. The van der Waals surface area contributed by atoms with E-state index in [0.717, 1.165) is 0 Å². The summed E-state index contributed by atoms with van der Waals surface area (Å²) in [5, 5.41) is 2.54. The number of hydrogen-bond acceptors (Lipinski definition) is 6. The van der Waals surface area contributed by atoms with Crippen molar-refractivity contribution in [3.05, 3.63) is 48.0 Å². The number of ketones is 1. The molecular formula is C18H20N2O6S. The Morgan fingerprint density at radius 2 is 1.78 bits per heavy atom. The summed E-state index contributed by atoms with van der Waals surface area (Å²) < 4.78 is 37.2. The van der Waals surface area contributed by atoms with Gasteiger partial charge in [-0.05, 0) is 31.2 Å². The molecule has 0 spiro atoms. The van der Waals surface area contributed by atoms with Crippen LogP contribution in [0.2, 0.25) is 0 Å². The molecule has 9 heteroatoms. The minimum Gasteiger partial charge on any atom is -0.497 e. The number of amides is 1. The highest BCUT2D eigenvalue weighted by molar-refractivity contribution is 7.89. The Morgan fingerprint density at radius 3 is 2.41 bits per heavy atom. The zero-order chi connectivity index (χ0) is 20.0. The number of carbonyl (C=O) groups is 2. The van der Waals surface area contributed by atoms with E-state index in [9.17, 15) is 18.0 Å². The molecular weight excluding hydrogens is 372 g/mol. The van der Waals surface area contributed by atoms with Crippen molar-refractivity contribution in [1.29, 1.82) is 0 Å². The molecule has 0 aliphatic carbocycles. The third kappa shape index (κ3) is 5.28. The molecule has 0 heterocycles. The van der Waals surface area contributed by atoms with E-state index in [0.29, 0.717) is 17.0 Å². The quantitative estimate of drug-likeness (QED) is 0.663. The van der Waals surface area contributed by atoms with Crippen LogP contribution in [-0.2, 0) is 14.8 Å². The molecule has 144 valence electrons. The molecule has 0 atom stereocenters. The number of sulfonamides is 1. The van der Waals surface area contributed by atoms with Gasteiger partial charge in [-0.3, -0.25) is 9.59 Å². The van der Waals surface area contributed by atoms with E-state index < -0.39 is 22.5 Å². The van der Waals surface area contributed by atoms with Gasteiger partial charge in [-0.2, -0.15) is 0 Å². The summed E-state index contributed by atoms with van der Waals surface area (Å²) >= 11 is 0. The van der Waals surface area contributed by atoms with Gasteiger partial charge in [-0.15, -0.1) is 0 Å². The Hall–Kier alpha value is -2.91. The highest BCUT2D eigenvalue weighted by Crippen LogP contribution is 2.28. The first kappa shape index (κ1) is 20.4. The van der Waals surface area contributed by atoms with Crippen LogP contribution < -0.4 is 19.5 Å². The lowest BCUT2D eigenvalue weighted by atomic mass is 10.1. The van der Waals surface area contributed by atoms with E-state index in [4.69, 9.17) is 9.47 Å². The number of anilines is 1. The summed E-state index contributed by atoms with van der Waals surface area (Å²) in [4.78, 5) is 23.3. The van der Waals surface area contributed by atoms with E-state index in [1.54, 1.807) is 18.2 Å². The van der Waals surface area contributed by atoms with Crippen molar-refractivity contribution in [3.63, 3.8) is 0 Å². The topological polar surface area (TPSA) is 111 Å². The van der Waals surface area contributed by atoms with Crippen molar-refractivity contribution in [2.75, 3.05) is 26.1 Å². The van der Waals surface area contributed by atoms with Crippen molar-refractivity contribution in [3.8, 4) is 11.5 Å². The second kappa shape index (κ2) is 8.65. The van der Waals surface area contributed by atoms with Crippen LogP contribution in [0.1, 0.15) is 17.3 Å². The van der Waals surface area contributed by atoms with E-state index in [-0.39, 0.29) is 16.4 Å². The highest BCUT2D eigenvalue weighted by Gasteiger charge is 2.21. The molecule has 0 fully saturated rings. The SMILES string of the molecule is COc1ccc(S(=O)(=O)NCC(=O)Nc2cccc(C(C)=O)c2)c(OC)c1. The number of nitrogens with one attached hydrogen (secondary N) is 2. The number of methoxy groups -OCH3 is 2. The van der Waals surface area contributed by atoms with E-state index in [1.165, 1.54) is 45.4 Å². The number of hydrogen-bond donors (Lipinski definition) is 2. The van der Waals surface area contributed by atoms with Gasteiger partial charge in [0.2, 0.25) is 15.9 Å². The fourth-order valence-electron chi connectivity index (χ4n) is 2.26. The molecule has 0 aliphatic rings. The maximum Gasteiger partial charge on any atom is 0.244 e. The fourth-order valence-corrected chi connectivity index (χ4v) is 3.39. The molecule has 2 rings (SSSR count). The number of ether oxygens (including phenoxy) is 2. The normalized spacial score (nSPS) is 10.9. The molecule has 1 amide bonds. The van der Waals surface area contributed by atoms with Crippen LogP contribution in [0.5, 0.6) is 11.5 Å². The average Bonchev–Trinajstić information content (AvgIpc) is 2.66. The average molecular weight is 392 g/mol. The number of Topliss-reactive ketones (excluding diaryl/α,β-unsaturated/α-hetero) is 1. The van der Waals surface area contributed by atoms with Gasteiger partial charge >= 0.3 is 0 Å². The van der Waals surface area contributed by atoms with Crippen LogP contribution in [0, 0.1) is 0 Å². The van der Waals surface area contributed by atoms with Gasteiger partial charge in [0.1, 0.15) is 16.4 Å². The highest BCUT2D eigenvalue weighted by atomic mass is 32.2. The van der Waals surface area contributed by atoms with Gasteiger partial charge in [0.25, 0.3) is 0 Å². The Labute approximate surface area is 157 Å². The smallest absolute Gasteiger partial charge is 0.244 e. The summed E-state index contributed by atoms with van der Waals surface area (Å²) in [6.45, 7) is 0.930. The maximum atomic E-state index is 12.5. The van der Waals surface area contributed by atoms with E-state index >= 15 is 0 Å². The molecule has 0 unspecified atom stereocenters. The molecule has 0 aliphatic heterocycles. The zero-order valence-corrected chi connectivity index (χ0v) is 15.9. The predicted molar refractivity (Wildman–Crippen MR) is 99.8 cm³/mol. The van der Waals surface area contributed by atoms with Gasteiger partial charge in [0, 0.05) is 17.3 Å². The predicted octanol–water partition coefficient (Wildman–Crippen LogP) is 1.82. The molecule has 27 heavy (non-hydrogen) atoms. The molecule has 0 saturated carbocycles. The second-order valence-electron chi connectivity index (χ2n) is 5.53. The molecule has 8 nitrogen and oxygen atoms in total. The van der Waals surface area contributed by atoms with Crippen molar-refractivity contribution >= 4 is 27.4 Å². The van der Waals surface area contributed by atoms with Crippen LogP contribution in [-0.4, -0.2) is 40.9 Å². The van der Waals surface area contributed by atoms with Crippen LogP contribution in [0.25, 0.3) is 0 Å². The monoisotopic (exact) mass is 392 g/mol. The Kier molecular flexibility index (Phi) is 6.54. The van der Waals surface area contributed by atoms with Crippen LogP contribution in [0.4, 0.5) is 5.69 Å². The van der Waals surface area contributed by atoms with Crippen LogP contribution in [0.15, 0.2) is 47.4 Å². The summed E-state index contributed by atoms with van der Waals surface area (Å²) in [5.74, 6) is -0.185. The third-order valence-electron chi connectivity index (χ3n) is 3.64. The number of benzene rings is 2. The van der Waals surface area contributed by atoms with Crippen molar-refractivity contribution in [2.45, 2.75) is 11.8 Å². The van der Waals surface area contributed by atoms with Crippen molar-refractivity contribution in [2.24, 2.45) is 0 Å². The van der Waals surface area contributed by atoms with Gasteiger partial charge in [0.05, 0.1) is 20.8 Å². The largest absolute Gasteiger partial charge is 0.497 e. The number of carbonyl (C=O) groups excluding carboxylic acids is 2. The standard InChI is InChI=1S/C18H20N2O6S/c1-12(21)13-5-4-6-14(9-13)20-18(22)11-19-27(23,24)17-8-7-15(25-2)10-16(17)26-3/h4-10,19H,11H2,1-3H3,(H,20,22). The Morgan fingerprint density at radius 1 is 1.04 bits per heavy atom. The molecule has 2 aromatic rings. The van der Waals surface area contributed by atoms with Gasteiger partial charge in [-0.1, -0.05) is 12.1 Å². The molecule has 0 saturated heterocycles. The van der Waals surface area contributed by atoms with Crippen LogP contribution >= 0.6 is 0 Å². The fraction of sp³-hybridized carbons (Fsp3) is 0.222. The third-order valence-corrected chi connectivity index (χ3v) is 5.08. The van der Waals surface area contributed by atoms with Gasteiger partial charge in [0.15, 0.2) is 5.78 Å². The second-order valence-corrected chi connectivity index (χ2v) is 7.26. The minimum atomic E-state index is -3.98. The molecule has 0 aromatic heterocycles. The van der Waals surface area contributed by atoms with Crippen molar-refractivity contribution < 1.29 is 27.5 Å². The Bertz CT molecular complexity index is 956. The van der Waals surface area contributed by atoms with Crippen molar-refractivity contribution in [1.82, 2.24) is 4.72 Å². The van der Waals surface area contributed by atoms with Crippen LogP contribution in [0.3, 0.4) is 0 Å². The molecule has 0 bridgehead atoms. The summed E-state index contributed by atoms with van der Waals surface area (Å²) in [6.07, 6.45) is 0. The number of rotatable bonds is 8. The summed E-state index contributed by atoms with van der Waals surface area (Å²) in [6, 6.07) is 10.6. The molecule has 0 radical (unpaired) electrons. The first-order chi connectivity index (χ1) is 12.8. The summed E-state index contributed by atoms with van der Waals surface area (Å²) in [7, 11) is -1.20. The lowest BCUT2D eigenvalue weighted by molar-refractivity contribution is -0.115. The summed E-state index contributed by atoms with van der Waals surface area (Å²) in [5.41, 5.74) is 0.838. The zero-order valence-electron chi connectivity index (χ0n) is 15.1. The Balaban J connectivity index is 2.08. The maximum absolute atomic E-state index is 12.5. The lowest BCUT2D eigenvalue weighted by Crippen LogP contribution is -2.33. The molecule has 2 aromatic carbocycles. The lowest BCUT2D eigenvalue weighted by Gasteiger charge is -2.12. The van der Waals surface area contributed by atoms with Gasteiger partial charge in [-0.25, -0.2) is 13.1 Å².